The van der Waals surface area contributed by atoms with Crippen LogP contribution >= 0.6 is 0 Å². The van der Waals surface area contributed by atoms with Crippen LogP contribution in [0.4, 0.5) is 0 Å². The molecule has 0 aromatic heterocycles. The fraction of sp³-hybridized carbons (Fsp3) is 0.727. The molecule has 0 aliphatic rings. The van der Waals surface area contributed by atoms with Crippen LogP contribution < -0.4 is 0 Å². The van der Waals surface area contributed by atoms with Gasteiger partial charge in [0.15, 0.2) is 0 Å². The van der Waals surface area contributed by atoms with Crippen LogP contribution in [0, 0.1) is 0 Å². The van der Waals surface area contributed by atoms with E-state index in [9.17, 15) is 13.0 Å². The van der Waals surface area contributed by atoms with Gasteiger partial charge in [0.2, 0.25) is 10.4 Å². The summed E-state index contributed by atoms with van der Waals surface area (Å²) in [5, 5.41) is 0. The second-order valence-corrected chi connectivity index (χ2v) is 9.21. The molecule has 1 aromatic rings. The molecule has 0 radical (unpaired) electrons. The number of rotatable bonds is 14. The fourth-order valence-electron chi connectivity index (χ4n) is 3.18. The first-order chi connectivity index (χ1) is 13.2. The van der Waals surface area contributed by atoms with Crippen molar-refractivity contribution in [2.24, 2.45) is 0 Å². The van der Waals surface area contributed by atoms with Crippen molar-refractivity contribution in [1.82, 2.24) is 0 Å². The molecule has 0 saturated heterocycles. The Hall–Kier alpha value is -0.950. The van der Waals surface area contributed by atoms with E-state index >= 15 is 0 Å². The van der Waals surface area contributed by atoms with E-state index < -0.39 is 10.4 Å². The average Bonchev–Trinajstić information content (AvgIpc) is 2.63. The van der Waals surface area contributed by atoms with Crippen molar-refractivity contribution in [3.8, 4) is 0 Å². The van der Waals surface area contributed by atoms with Crippen LogP contribution in [0.1, 0.15) is 76.7 Å². The molecular weight excluding hydrogens is 374 g/mol. The van der Waals surface area contributed by atoms with Crippen molar-refractivity contribution in [3.63, 3.8) is 0 Å². The van der Waals surface area contributed by atoms with Crippen LogP contribution in [0.2, 0.25) is 0 Å². The van der Waals surface area contributed by atoms with E-state index in [-0.39, 0.29) is 0 Å². The summed E-state index contributed by atoms with van der Waals surface area (Å²) in [6.45, 7) is 4.74. The predicted octanol–water partition coefficient (Wildman–Crippen LogP) is 5.28. The molecule has 5 nitrogen and oxygen atoms in total. The van der Waals surface area contributed by atoms with E-state index in [1.807, 2.05) is 0 Å². The maximum Gasteiger partial charge on any atom is 0.217 e. The molecule has 0 bridgehead atoms. The Morgan fingerprint density at radius 1 is 0.857 bits per heavy atom. The quantitative estimate of drug-likeness (QED) is 0.179. The van der Waals surface area contributed by atoms with Gasteiger partial charge in [0, 0.05) is 5.56 Å². The van der Waals surface area contributed by atoms with Crippen LogP contribution in [0.3, 0.4) is 0 Å². The second-order valence-electron chi connectivity index (χ2n) is 8.06. The van der Waals surface area contributed by atoms with Gasteiger partial charge < -0.3 is 9.04 Å². The lowest BCUT2D eigenvalue weighted by molar-refractivity contribution is -0.903. The van der Waals surface area contributed by atoms with E-state index in [2.05, 4.69) is 55.5 Å². The Morgan fingerprint density at radius 2 is 1.29 bits per heavy atom. The molecule has 1 rings (SSSR count). The molecule has 0 aliphatic heterocycles. The van der Waals surface area contributed by atoms with Crippen LogP contribution in [0.5, 0.6) is 0 Å². The van der Waals surface area contributed by atoms with Crippen molar-refractivity contribution in [2.45, 2.75) is 77.7 Å². The number of hydrogen-bond acceptors (Lipinski definition) is 4. The number of quaternary nitrogens is 1. The molecular formula is C22H41NO4S. The van der Waals surface area contributed by atoms with Crippen LogP contribution in [0.15, 0.2) is 30.3 Å². The average molecular weight is 416 g/mol. The normalized spacial score (nSPS) is 11.8. The molecule has 0 amide bonds. The topological polar surface area (TPSA) is 66.4 Å². The first-order valence-electron chi connectivity index (χ1n) is 10.6. The van der Waals surface area contributed by atoms with Gasteiger partial charge in [0.25, 0.3) is 0 Å². The smallest absolute Gasteiger partial charge is 0.217 e. The minimum absolute atomic E-state index is 0.808. The summed E-state index contributed by atoms with van der Waals surface area (Å²) >= 11 is 0. The monoisotopic (exact) mass is 415 g/mol. The molecule has 0 fully saturated rings. The van der Waals surface area contributed by atoms with Gasteiger partial charge >= 0.3 is 0 Å². The Morgan fingerprint density at radius 3 is 1.71 bits per heavy atom. The van der Waals surface area contributed by atoms with Crippen molar-refractivity contribution >= 4 is 10.4 Å². The molecule has 28 heavy (non-hydrogen) atoms. The van der Waals surface area contributed by atoms with Gasteiger partial charge in [0.05, 0.1) is 27.7 Å². The molecule has 6 heteroatoms. The second kappa shape index (κ2) is 15.9. The van der Waals surface area contributed by atoms with Crippen molar-refractivity contribution in [1.29, 1.82) is 0 Å². The van der Waals surface area contributed by atoms with Gasteiger partial charge in [0.1, 0.15) is 6.54 Å². The summed E-state index contributed by atoms with van der Waals surface area (Å²) < 4.78 is 32.1. The molecule has 0 spiro atoms. The summed E-state index contributed by atoms with van der Waals surface area (Å²) in [5.41, 5.74) is 1.46. The zero-order valence-corrected chi connectivity index (χ0v) is 19.2. The van der Waals surface area contributed by atoms with E-state index in [0.717, 1.165) is 18.1 Å². The minimum atomic E-state index is -4.41. The Kier molecular flexibility index (Phi) is 15.4. The lowest BCUT2D eigenvalue weighted by Gasteiger charge is -2.30. The highest BCUT2D eigenvalue weighted by Crippen LogP contribution is 2.13. The first-order valence-corrected chi connectivity index (χ1v) is 11.9. The first kappa shape index (κ1) is 27.0. The standard InChI is InChI=1S/C21H38N.CH4O4S/c1-4-5-6-7-8-9-10-11-12-16-19-22(2,3)20-21-17-14-13-15-18-21;1-5-6(2,3)4/h13-15,17-18H,4-12,16,19-20H2,1-3H3;1H3,(H,2,3,4)/q+1;/p-1. The predicted molar refractivity (Wildman–Crippen MR) is 116 cm³/mol. The number of benzene rings is 1. The van der Waals surface area contributed by atoms with Crippen molar-refractivity contribution in [3.05, 3.63) is 35.9 Å². The molecule has 0 unspecified atom stereocenters. The summed E-state index contributed by atoms with van der Waals surface area (Å²) in [6.07, 6.45) is 14.2. The SMILES string of the molecule is CCCCCCCCCCCC[N+](C)(C)Cc1ccccc1.COS(=O)(=O)[O-]. The number of nitrogens with zero attached hydrogens (tertiary/aromatic N) is 1. The summed E-state index contributed by atoms with van der Waals surface area (Å²) in [4.78, 5) is 0. The highest BCUT2D eigenvalue weighted by molar-refractivity contribution is 7.80. The molecule has 0 aliphatic carbocycles. The fourth-order valence-corrected chi connectivity index (χ4v) is 3.18. The van der Waals surface area contributed by atoms with Gasteiger partial charge in [-0.2, -0.15) is 0 Å². The van der Waals surface area contributed by atoms with Crippen LogP contribution in [0.25, 0.3) is 0 Å². The largest absolute Gasteiger partial charge is 0.726 e. The number of unbranched alkanes of at least 4 members (excludes halogenated alkanes) is 9. The number of hydrogen-bond donors (Lipinski definition) is 0. The minimum Gasteiger partial charge on any atom is -0.726 e. The van der Waals surface area contributed by atoms with E-state index in [4.69, 9.17) is 0 Å². The van der Waals surface area contributed by atoms with E-state index in [0.29, 0.717) is 0 Å². The highest BCUT2D eigenvalue weighted by Gasteiger charge is 2.14. The van der Waals surface area contributed by atoms with Crippen LogP contribution in [-0.2, 0) is 21.1 Å². The van der Waals surface area contributed by atoms with Gasteiger partial charge in [-0.25, -0.2) is 8.42 Å². The lowest BCUT2D eigenvalue weighted by atomic mass is 10.1. The molecule has 0 heterocycles. The zero-order chi connectivity index (χ0) is 21.3. The Balaban J connectivity index is 0.00000105. The lowest BCUT2D eigenvalue weighted by Crippen LogP contribution is -2.39. The van der Waals surface area contributed by atoms with E-state index in [1.165, 1.54) is 76.3 Å². The summed E-state index contributed by atoms with van der Waals surface area (Å²) in [5.74, 6) is 0. The third-order valence-electron chi connectivity index (χ3n) is 4.77. The van der Waals surface area contributed by atoms with Crippen molar-refractivity contribution < 1.29 is 21.6 Å². The Labute approximate surface area is 173 Å². The Bertz CT molecular complexity index is 573. The van der Waals surface area contributed by atoms with Gasteiger partial charge in [-0.05, 0) is 12.8 Å². The summed E-state index contributed by atoms with van der Waals surface area (Å²) in [6, 6.07) is 10.9. The van der Waals surface area contributed by atoms with Crippen LogP contribution in [-0.4, -0.2) is 45.2 Å². The third kappa shape index (κ3) is 18.4. The van der Waals surface area contributed by atoms with Gasteiger partial charge in [-0.1, -0.05) is 88.6 Å². The zero-order valence-electron chi connectivity index (χ0n) is 18.4. The van der Waals surface area contributed by atoms with Gasteiger partial charge in [-0.3, -0.25) is 4.18 Å². The molecule has 0 atom stereocenters. The molecule has 0 saturated carbocycles. The highest BCUT2D eigenvalue weighted by atomic mass is 32.3. The van der Waals surface area contributed by atoms with Crippen molar-refractivity contribution in [2.75, 3.05) is 27.7 Å². The van der Waals surface area contributed by atoms with Gasteiger partial charge in [-0.15, -0.1) is 0 Å². The van der Waals surface area contributed by atoms with E-state index in [1.54, 1.807) is 0 Å². The third-order valence-corrected chi connectivity index (χ3v) is 5.18. The molecule has 1 aromatic carbocycles. The maximum absolute atomic E-state index is 9.22. The molecule has 0 N–H and O–H groups in total. The molecule has 164 valence electrons. The maximum atomic E-state index is 9.22. The summed E-state index contributed by atoms with van der Waals surface area (Å²) in [7, 11) is 1.12.